The van der Waals surface area contributed by atoms with Crippen LogP contribution in [0.25, 0.3) is 22.5 Å². The number of alkyl halides is 5. The molecule has 0 aliphatic heterocycles. The number of benzene rings is 2. The number of amides is 1. The molecule has 2 aromatic carbocycles. The van der Waals surface area contributed by atoms with Crippen LogP contribution in [-0.2, 0) is 16.1 Å². The molecular weight excluding hydrogens is 530 g/mol. The van der Waals surface area contributed by atoms with E-state index < -0.39 is 40.9 Å². The largest absolute Gasteiger partial charge is 0.573 e. The molecule has 2 aromatic heterocycles. The van der Waals surface area contributed by atoms with Crippen molar-refractivity contribution in [2.45, 2.75) is 37.5 Å². The van der Waals surface area contributed by atoms with E-state index in [1.807, 2.05) is 0 Å². The molecule has 0 unspecified atom stereocenters. The summed E-state index contributed by atoms with van der Waals surface area (Å²) in [6, 6.07) is 10.0. The molecule has 2 heterocycles. The molecule has 1 saturated carbocycles. The van der Waals surface area contributed by atoms with Crippen molar-refractivity contribution in [2.75, 3.05) is 5.32 Å². The number of H-pyrrole nitrogens is 1. The van der Waals surface area contributed by atoms with Gasteiger partial charge in [-0.1, -0.05) is 18.2 Å². The monoisotopic (exact) mass is 548 g/mol. The summed E-state index contributed by atoms with van der Waals surface area (Å²) in [5, 5.41) is 16.3. The zero-order valence-electron chi connectivity index (χ0n) is 20.0. The maximum Gasteiger partial charge on any atom is 0.573 e. The second kappa shape index (κ2) is 9.36. The van der Waals surface area contributed by atoms with Crippen molar-refractivity contribution < 1.29 is 35.9 Å². The van der Waals surface area contributed by atoms with Crippen LogP contribution in [0.15, 0.2) is 54.7 Å². The molecule has 2 N–H and O–H groups in total. The van der Waals surface area contributed by atoms with E-state index in [-0.39, 0.29) is 24.2 Å². The molecule has 4 aromatic rings. The smallest absolute Gasteiger partial charge is 0.406 e. The van der Waals surface area contributed by atoms with Gasteiger partial charge in [0.25, 0.3) is 5.92 Å². The third kappa shape index (κ3) is 5.40. The van der Waals surface area contributed by atoms with Gasteiger partial charge in [0.15, 0.2) is 5.82 Å². The zero-order valence-corrected chi connectivity index (χ0v) is 20.0. The molecule has 8 nitrogen and oxygen atoms in total. The number of rotatable bonds is 7. The van der Waals surface area contributed by atoms with Crippen molar-refractivity contribution in [2.24, 2.45) is 0 Å². The lowest BCUT2D eigenvalue weighted by atomic mass is 9.93. The van der Waals surface area contributed by atoms with E-state index in [2.05, 4.69) is 35.7 Å². The Morgan fingerprint density at radius 3 is 2.36 bits per heavy atom. The van der Waals surface area contributed by atoms with E-state index in [4.69, 9.17) is 0 Å². The van der Waals surface area contributed by atoms with E-state index in [0.29, 0.717) is 28.4 Å². The van der Waals surface area contributed by atoms with E-state index in [1.54, 1.807) is 18.2 Å². The SMILES string of the molecule is CC(F)(F)c1ccc(-c2ccc(NC(=O)C3(c4ccc(OC(F)(F)F)cc4F)CC3)cc2-c2nnn[nH]2)cn1. The second-order valence-corrected chi connectivity index (χ2v) is 9.06. The molecule has 0 saturated heterocycles. The van der Waals surface area contributed by atoms with Crippen molar-refractivity contribution >= 4 is 11.6 Å². The number of anilines is 1. The number of ether oxygens (including phenoxy) is 1. The van der Waals surface area contributed by atoms with Gasteiger partial charge in [-0.15, -0.1) is 18.3 Å². The summed E-state index contributed by atoms with van der Waals surface area (Å²) < 4.78 is 83.1. The molecular formula is C25H18F6N6O2. The molecule has 0 atom stereocenters. The lowest BCUT2D eigenvalue weighted by Crippen LogP contribution is -2.29. The topological polar surface area (TPSA) is 106 Å². The number of halogens is 6. The normalized spacial score (nSPS) is 14.6. The lowest BCUT2D eigenvalue weighted by Gasteiger charge is -2.18. The Morgan fingerprint density at radius 1 is 1.03 bits per heavy atom. The summed E-state index contributed by atoms with van der Waals surface area (Å²) in [5.74, 6) is -5.18. The number of tetrazole rings is 1. The maximum atomic E-state index is 14.7. The van der Waals surface area contributed by atoms with Gasteiger partial charge < -0.3 is 10.1 Å². The van der Waals surface area contributed by atoms with E-state index >= 15 is 0 Å². The van der Waals surface area contributed by atoms with Crippen molar-refractivity contribution in [3.05, 3.63) is 71.8 Å². The standard InChI is InChI=1S/C25H18F6N6O2/c1-23(27,28)20-7-2-13(12-32-20)16-5-3-14(10-17(16)21-34-36-37-35-21)33-22(38)24(8-9-24)18-6-4-15(11-19(18)26)39-25(29,30)31/h2-7,10-12H,8-9H2,1H3,(H,33,38)(H,34,35,36,37). The Morgan fingerprint density at radius 2 is 1.79 bits per heavy atom. The average Bonchev–Trinajstić information content (AvgIpc) is 3.47. The minimum Gasteiger partial charge on any atom is -0.406 e. The van der Waals surface area contributed by atoms with Crippen LogP contribution in [0.3, 0.4) is 0 Å². The van der Waals surface area contributed by atoms with Gasteiger partial charge in [0.05, 0.1) is 5.41 Å². The summed E-state index contributed by atoms with van der Waals surface area (Å²) in [5.41, 5.74) is -0.00312. The number of carbonyl (C=O) groups is 1. The van der Waals surface area contributed by atoms with Crippen LogP contribution < -0.4 is 10.1 Å². The molecule has 0 radical (unpaired) electrons. The summed E-state index contributed by atoms with van der Waals surface area (Å²) in [6.07, 6.45) is -3.13. The third-order valence-corrected chi connectivity index (χ3v) is 6.28. The maximum absolute atomic E-state index is 14.7. The van der Waals surface area contributed by atoms with Gasteiger partial charge in [-0.3, -0.25) is 9.78 Å². The Bertz CT molecular complexity index is 1510. The number of hydrogen-bond donors (Lipinski definition) is 2. The second-order valence-electron chi connectivity index (χ2n) is 9.06. The Balaban J connectivity index is 1.43. The molecule has 5 rings (SSSR count). The molecule has 14 heteroatoms. The number of pyridine rings is 1. The van der Waals surface area contributed by atoms with Crippen LogP contribution >= 0.6 is 0 Å². The fourth-order valence-corrected chi connectivity index (χ4v) is 4.23. The molecule has 1 fully saturated rings. The number of hydrogen-bond acceptors (Lipinski definition) is 6. The van der Waals surface area contributed by atoms with Gasteiger partial charge in [-0.2, -0.15) is 8.78 Å². The van der Waals surface area contributed by atoms with E-state index in [9.17, 15) is 31.1 Å². The number of aromatic nitrogens is 5. The minimum atomic E-state index is -4.98. The molecule has 0 spiro atoms. The van der Waals surface area contributed by atoms with Crippen molar-refractivity contribution in [1.82, 2.24) is 25.6 Å². The highest BCUT2D eigenvalue weighted by Gasteiger charge is 2.53. The quantitative estimate of drug-likeness (QED) is 0.285. The van der Waals surface area contributed by atoms with Gasteiger partial charge in [0, 0.05) is 41.6 Å². The van der Waals surface area contributed by atoms with Crippen molar-refractivity contribution in [3.8, 4) is 28.3 Å². The molecule has 0 bridgehead atoms. The van der Waals surface area contributed by atoms with Crippen LogP contribution in [0.4, 0.5) is 32.0 Å². The number of nitrogens with zero attached hydrogens (tertiary/aromatic N) is 4. The highest BCUT2D eigenvalue weighted by atomic mass is 19.4. The Kier molecular flexibility index (Phi) is 6.27. The first-order valence-electron chi connectivity index (χ1n) is 11.5. The predicted octanol–water partition coefficient (Wildman–Crippen LogP) is 5.75. The fourth-order valence-electron chi connectivity index (χ4n) is 4.23. The molecule has 202 valence electrons. The van der Waals surface area contributed by atoms with Crippen LogP contribution in [0.1, 0.15) is 31.0 Å². The van der Waals surface area contributed by atoms with Gasteiger partial charge in [-0.05, 0) is 53.1 Å². The predicted molar refractivity (Wildman–Crippen MR) is 125 cm³/mol. The Hall–Kier alpha value is -4.49. The van der Waals surface area contributed by atoms with Gasteiger partial charge >= 0.3 is 6.36 Å². The fraction of sp³-hybridized carbons (Fsp3) is 0.240. The number of carbonyl (C=O) groups excluding carboxylic acids is 1. The van der Waals surface area contributed by atoms with Gasteiger partial charge in [0.2, 0.25) is 5.91 Å². The first-order valence-corrected chi connectivity index (χ1v) is 11.5. The van der Waals surface area contributed by atoms with Gasteiger partial charge in [-0.25, -0.2) is 9.49 Å². The van der Waals surface area contributed by atoms with Gasteiger partial charge in [0.1, 0.15) is 17.3 Å². The molecule has 1 aliphatic rings. The van der Waals surface area contributed by atoms with Crippen molar-refractivity contribution in [1.29, 1.82) is 0 Å². The summed E-state index contributed by atoms with van der Waals surface area (Å²) in [7, 11) is 0. The highest BCUT2D eigenvalue weighted by Crippen LogP contribution is 2.50. The summed E-state index contributed by atoms with van der Waals surface area (Å²) in [6.45, 7) is 0.737. The minimum absolute atomic E-state index is 0.0512. The van der Waals surface area contributed by atoms with E-state index in [1.165, 1.54) is 18.3 Å². The highest BCUT2D eigenvalue weighted by molar-refractivity contribution is 6.02. The van der Waals surface area contributed by atoms with E-state index in [0.717, 1.165) is 19.1 Å². The lowest BCUT2D eigenvalue weighted by molar-refractivity contribution is -0.274. The van der Waals surface area contributed by atoms with Crippen LogP contribution in [0, 0.1) is 5.82 Å². The first kappa shape index (κ1) is 26.1. The average molecular weight is 548 g/mol. The molecule has 1 amide bonds. The summed E-state index contributed by atoms with van der Waals surface area (Å²) >= 11 is 0. The summed E-state index contributed by atoms with van der Waals surface area (Å²) in [4.78, 5) is 17.1. The Labute approximate surface area is 216 Å². The van der Waals surface area contributed by atoms with Crippen molar-refractivity contribution in [3.63, 3.8) is 0 Å². The van der Waals surface area contributed by atoms with Crippen LogP contribution in [0.5, 0.6) is 5.75 Å². The first-order chi connectivity index (χ1) is 18.4. The third-order valence-electron chi connectivity index (χ3n) is 6.28. The number of aromatic amines is 1. The molecule has 39 heavy (non-hydrogen) atoms. The zero-order chi connectivity index (χ0) is 28.0. The van der Waals surface area contributed by atoms with Crippen LogP contribution in [-0.4, -0.2) is 37.9 Å². The molecule has 1 aliphatic carbocycles. The van der Waals surface area contributed by atoms with Crippen LogP contribution in [0.2, 0.25) is 0 Å². The number of nitrogens with one attached hydrogen (secondary N) is 2.